The van der Waals surface area contributed by atoms with Gasteiger partial charge in [0.25, 0.3) is 0 Å². The molecule has 0 N–H and O–H groups in total. The van der Waals surface area contributed by atoms with Crippen LogP contribution in [0.15, 0.2) is 12.2 Å². The molecule has 1 aliphatic heterocycles. The largest absolute Gasteiger partial charge is 0.298 e. The summed E-state index contributed by atoms with van der Waals surface area (Å²) in [7, 11) is 0. The van der Waals surface area contributed by atoms with Crippen LogP contribution in [0.2, 0.25) is 0 Å². The molecular weight excluding hydrogens is 138 g/mol. The van der Waals surface area contributed by atoms with Crippen molar-refractivity contribution in [2.24, 2.45) is 0 Å². The monoisotopic (exact) mass is 153 g/mol. The van der Waals surface area contributed by atoms with E-state index >= 15 is 0 Å². The Bertz CT molecular complexity index is 174. The van der Waals surface area contributed by atoms with E-state index < -0.39 is 0 Å². The van der Waals surface area contributed by atoms with Crippen molar-refractivity contribution in [3.05, 3.63) is 12.2 Å². The number of carbonyl (C=O) groups excluding carboxylic acids is 1. The minimum Gasteiger partial charge on any atom is -0.298 e. The average molecular weight is 153 g/mol. The molecule has 2 heteroatoms. The molecule has 1 aliphatic rings. The molecule has 0 fully saturated rings. The van der Waals surface area contributed by atoms with Gasteiger partial charge in [0, 0.05) is 13.0 Å². The highest BCUT2D eigenvalue weighted by molar-refractivity contribution is 5.86. The Kier molecular flexibility index (Phi) is 2.83. The molecule has 0 aliphatic carbocycles. The lowest BCUT2D eigenvalue weighted by atomic mass is 10.1. The fraction of sp³-hybridized carbons (Fsp3) is 0.667. The Balaban J connectivity index is 2.55. The maximum absolute atomic E-state index is 11.3. The Morgan fingerprint density at radius 1 is 1.64 bits per heavy atom. The third-order valence-corrected chi connectivity index (χ3v) is 2.14. The van der Waals surface area contributed by atoms with E-state index in [0.717, 1.165) is 13.1 Å². The predicted octanol–water partition coefficient (Wildman–Crippen LogP) is 1.23. The summed E-state index contributed by atoms with van der Waals surface area (Å²) in [6.45, 7) is 5.90. The summed E-state index contributed by atoms with van der Waals surface area (Å²) in [5.74, 6) is 0.334. The van der Waals surface area contributed by atoms with Gasteiger partial charge in [-0.2, -0.15) is 0 Å². The van der Waals surface area contributed by atoms with Crippen LogP contribution >= 0.6 is 0 Å². The molecular formula is C9H15NO. The van der Waals surface area contributed by atoms with E-state index in [-0.39, 0.29) is 6.04 Å². The van der Waals surface area contributed by atoms with Crippen molar-refractivity contribution in [2.75, 3.05) is 13.1 Å². The molecule has 62 valence electrons. The van der Waals surface area contributed by atoms with Crippen LogP contribution in [0.4, 0.5) is 0 Å². The third kappa shape index (κ3) is 1.69. The standard InChI is InChI=1S/C9H15NO/c1-3-9(11)8-6-5-7-10(8)4-2/h5-6,8H,3-4,7H2,1-2H3. The van der Waals surface area contributed by atoms with E-state index in [0.29, 0.717) is 12.2 Å². The Hall–Kier alpha value is -0.630. The summed E-state index contributed by atoms with van der Waals surface area (Å²) < 4.78 is 0. The molecule has 2 nitrogen and oxygen atoms in total. The van der Waals surface area contributed by atoms with Crippen LogP contribution in [-0.2, 0) is 4.79 Å². The number of hydrogen-bond acceptors (Lipinski definition) is 2. The molecule has 1 rings (SSSR count). The van der Waals surface area contributed by atoms with Gasteiger partial charge < -0.3 is 0 Å². The Labute approximate surface area is 67.9 Å². The van der Waals surface area contributed by atoms with Crippen LogP contribution in [0.5, 0.6) is 0 Å². The Morgan fingerprint density at radius 2 is 2.36 bits per heavy atom. The SMILES string of the molecule is CCC(=O)C1C=CCN1CC. The molecule has 0 aromatic carbocycles. The van der Waals surface area contributed by atoms with Gasteiger partial charge in [-0.3, -0.25) is 9.69 Å². The van der Waals surface area contributed by atoms with Crippen molar-refractivity contribution in [3.63, 3.8) is 0 Å². The van der Waals surface area contributed by atoms with Gasteiger partial charge in [0.1, 0.15) is 0 Å². The topological polar surface area (TPSA) is 20.3 Å². The fourth-order valence-electron chi connectivity index (χ4n) is 1.41. The first-order valence-electron chi connectivity index (χ1n) is 4.23. The molecule has 1 atom stereocenters. The molecule has 0 radical (unpaired) electrons. The number of nitrogens with zero attached hydrogens (tertiary/aromatic N) is 1. The van der Waals surface area contributed by atoms with Crippen molar-refractivity contribution >= 4 is 5.78 Å². The van der Waals surface area contributed by atoms with E-state index in [1.807, 2.05) is 13.0 Å². The van der Waals surface area contributed by atoms with Crippen molar-refractivity contribution in [1.29, 1.82) is 0 Å². The van der Waals surface area contributed by atoms with Crippen LogP contribution in [0.1, 0.15) is 20.3 Å². The van der Waals surface area contributed by atoms with Gasteiger partial charge in [-0.25, -0.2) is 0 Å². The smallest absolute Gasteiger partial charge is 0.153 e. The number of likely N-dealkylation sites (N-methyl/N-ethyl adjacent to an activating group) is 1. The van der Waals surface area contributed by atoms with E-state index in [9.17, 15) is 4.79 Å². The zero-order valence-electron chi connectivity index (χ0n) is 7.21. The molecule has 0 saturated heterocycles. The number of ketones is 1. The van der Waals surface area contributed by atoms with Crippen LogP contribution < -0.4 is 0 Å². The van der Waals surface area contributed by atoms with Gasteiger partial charge in [0.05, 0.1) is 6.04 Å². The van der Waals surface area contributed by atoms with Gasteiger partial charge in [0.15, 0.2) is 5.78 Å². The van der Waals surface area contributed by atoms with E-state index in [1.165, 1.54) is 0 Å². The summed E-state index contributed by atoms with van der Waals surface area (Å²) in [6.07, 6.45) is 4.72. The number of Topliss-reactive ketones (excluding diaryl/α,β-unsaturated/α-hetero) is 1. The van der Waals surface area contributed by atoms with Crippen molar-refractivity contribution in [1.82, 2.24) is 4.90 Å². The van der Waals surface area contributed by atoms with Gasteiger partial charge >= 0.3 is 0 Å². The molecule has 0 saturated carbocycles. The molecule has 11 heavy (non-hydrogen) atoms. The van der Waals surface area contributed by atoms with Crippen LogP contribution in [0, 0.1) is 0 Å². The van der Waals surface area contributed by atoms with Gasteiger partial charge in [-0.15, -0.1) is 0 Å². The molecule has 0 amide bonds. The minimum atomic E-state index is 0.0741. The average Bonchev–Trinajstić information content (AvgIpc) is 2.50. The maximum Gasteiger partial charge on any atom is 0.153 e. The maximum atomic E-state index is 11.3. The molecule has 1 heterocycles. The van der Waals surface area contributed by atoms with Crippen LogP contribution in [-0.4, -0.2) is 29.8 Å². The predicted molar refractivity (Wildman–Crippen MR) is 45.5 cm³/mol. The normalized spacial score (nSPS) is 24.4. The minimum absolute atomic E-state index is 0.0741. The summed E-state index contributed by atoms with van der Waals surface area (Å²) in [5, 5.41) is 0. The highest BCUT2D eigenvalue weighted by Crippen LogP contribution is 2.10. The van der Waals surface area contributed by atoms with E-state index in [2.05, 4.69) is 17.9 Å². The van der Waals surface area contributed by atoms with E-state index in [4.69, 9.17) is 0 Å². The first-order chi connectivity index (χ1) is 5.29. The zero-order valence-corrected chi connectivity index (χ0v) is 7.21. The number of hydrogen-bond donors (Lipinski definition) is 0. The molecule has 1 unspecified atom stereocenters. The highest BCUT2D eigenvalue weighted by atomic mass is 16.1. The van der Waals surface area contributed by atoms with E-state index in [1.54, 1.807) is 0 Å². The lowest BCUT2D eigenvalue weighted by Gasteiger charge is -2.20. The summed E-state index contributed by atoms with van der Waals surface area (Å²) in [4.78, 5) is 13.5. The van der Waals surface area contributed by atoms with Gasteiger partial charge in [-0.1, -0.05) is 26.0 Å². The fourth-order valence-corrected chi connectivity index (χ4v) is 1.41. The van der Waals surface area contributed by atoms with Crippen LogP contribution in [0.3, 0.4) is 0 Å². The van der Waals surface area contributed by atoms with Crippen molar-refractivity contribution in [2.45, 2.75) is 26.3 Å². The summed E-state index contributed by atoms with van der Waals surface area (Å²) in [6, 6.07) is 0.0741. The second-order valence-electron chi connectivity index (χ2n) is 2.78. The Morgan fingerprint density at radius 3 is 2.91 bits per heavy atom. The molecule has 0 spiro atoms. The molecule has 0 aromatic heterocycles. The third-order valence-electron chi connectivity index (χ3n) is 2.14. The molecule has 0 aromatic rings. The summed E-state index contributed by atoms with van der Waals surface area (Å²) in [5.41, 5.74) is 0. The van der Waals surface area contributed by atoms with Gasteiger partial charge in [0.2, 0.25) is 0 Å². The van der Waals surface area contributed by atoms with Crippen molar-refractivity contribution in [3.8, 4) is 0 Å². The number of carbonyl (C=O) groups is 1. The van der Waals surface area contributed by atoms with Crippen molar-refractivity contribution < 1.29 is 4.79 Å². The van der Waals surface area contributed by atoms with Crippen LogP contribution in [0.25, 0.3) is 0 Å². The second kappa shape index (κ2) is 3.67. The first kappa shape index (κ1) is 8.47. The number of rotatable bonds is 3. The quantitative estimate of drug-likeness (QED) is 0.568. The summed E-state index contributed by atoms with van der Waals surface area (Å²) >= 11 is 0. The lowest BCUT2D eigenvalue weighted by molar-refractivity contribution is -0.121. The molecule has 0 bridgehead atoms. The first-order valence-corrected chi connectivity index (χ1v) is 4.23. The highest BCUT2D eigenvalue weighted by Gasteiger charge is 2.22. The second-order valence-corrected chi connectivity index (χ2v) is 2.78. The zero-order chi connectivity index (χ0) is 8.27. The van der Waals surface area contributed by atoms with Gasteiger partial charge in [-0.05, 0) is 6.54 Å². The lowest BCUT2D eigenvalue weighted by Crippen LogP contribution is -2.35.